The average molecular weight is 366 g/mol. The Labute approximate surface area is 163 Å². The molecule has 3 nitrogen and oxygen atoms in total. The van der Waals surface area contributed by atoms with Gasteiger partial charge < -0.3 is 16.0 Å². The fraction of sp³-hybridized carbons (Fsp3) is 0.500. The summed E-state index contributed by atoms with van der Waals surface area (Å²) in [5.74, 6) is 0. The summed E-state index contributed by atoms with van der Waals surface area (Å²) in [5, 5.41) is 2.54. The molecule has 0 aliphatic heterocycles. The number of nitrogens with zero attached hydrogens (tertiary/aromatic N) is 1. The molecule has 0 spiro atoms. The van der Waals surface area contributed by atoms with Crippen LogP contribution in [0.1, 0.15) is 71.1 Å². The lowest BCUT2D eigenvalue weighted by Gasteiger charge is -2.08. The summed E-state index contributed by atoms with van der Waals surface area (Å²) in [6, 6.07) is 12.5. The van der Waals surface area contributed by atoms with Gasteiger partial charge in [-0.1, -0.05) is 76.8 Å². The number of nitrogen functional groups attached to an aromatic ring is 2. The summed E-state index contributed by atoms with van der Waals surface area (Å²) < 4.78 is 2.40. The van der Waals surface area contributed by atoms with Crippen LogP contribution in [0, 0.1) is 0 Å². The van der Waals surface area contributed by atoms with Crippen molar-refractivity contribution in [2.45, 2.75) is 77.7 Å². The second-order valence-electron chi connectivity index (χ2n) is 7.89. The summed E-state index contributed by atoms with van der Waals surface area (Å²) in [7, 11) is 0. The predicted molar refractivity (Wildman–Crippen MR) is 120 cm³/mol. The van der Waals surface area contributed by atoms with Gasteiger partial charge in [0.1, 0.15) is 0 Å². The molecule has 0 fully saturated rings. The number of anilines is 2. The molecule has 0 bridgehead atoms. The van der Waals surface area contributed by atoms with Gasteiger partial charge in [0.15, 0.2) is 0 Å². The number of unbranched alkanes of at least 4 members (excludes halogenated alkanes) is 9. The lowest BCUT2D eigenvalue weighted by Crippen LogP contribution is -1.99. The molecule has 3 aromatic rings. The number of hydrogen-bond acceptors (Lipinski definition) is 2. The van der Waals surface area contributed by atoms with Crippen LogP contribution in [0.3, 0.4) is 0 Å². The van der Waals surface area contributed by atoms with Gasteiger partial charge >= 0.3 is 0 Å². The molecule has 0 unspecified atom stereocenters. The van der Waals surface area contributed by atoms with Crippen molar-refractivity contribution in [3.05, 3.63) is 36.4 Å². The smallest absolute Gasteiger partial charge is 0.0512 e. The van der Waals surface area contributed by atoms with E-state index in [1.165, 1.54) is 86.0 Å². The van der Waals surface area contributed by atoms with Crippen LogP contribution in [0.5, 0.6) is 0 Å². The first-order valence-corrected chi connectivity index (χ1v) is 10.8. The largest absolute Gasteiger partial charge is 0.399 e. The Morgan fingerprint density at radius 2 is 1.07 bits per heavy atom. The van der Waals surface area contributed by atoms with E-state index in [0.717, 1.165) is 17.9 Å². The molecule has 0 amide bonds. The first-order valence-electron chi connectivity index (χ1n) is 10.8. The van der Waals surface area contributed by atoms with Crippen molar-refractivity contribution in [1.82, 2.24) is 4.57 Å². The lowest BCUT2D eigenvalue weighted by atomic mass is 10.1. The van der Waals surface area contributed by atoms with Gasteiger partial charge in [0.05, 0.1) is 11.0 Å². The zero-order valence-corrected chi connectivity index (χ0v) is 16.8. The molecule has 0 aliphatic carbocycles. The molecule has 1 heterocycles. The molecule has 0 aliphatic rings. The Balaban J connectivity index is 1.56. The minimum absolute atomic E-state index is 0.822. The number of nitrogens with two attached hydrogens (primary N) is 2. The number of aryl methyl sites for hydroxylation is 1. The van der Waals surface area contributed by atoms with E-state index in [-0.39, 0.29) is 0 Å². The van der Waals surface area contributed by atoms with E-state index in [0.29, 0.717) is 0 Å². The van der Waals surface area contributed by atoms with Gasteiger partial charge in [-0.25, -0.2) is 0 Å². The molecule has 3 heteroatoms. The van der Waals surface area contributed by atoms with E-state index in [2.05, 4.69) is 35.8 Å². The lowest BCUT2D eigenvalue weighted by molar-refractivity contribution is 0.541. The zero-order chi connectivity index (χ0) is 19.1. The monoisotopic (exact) mass is 365 g/mol. The Morgan fingerprint density at radius 3 is 1.56 bits per heavy atom. The van der Waals surface area contributed by atoms with Crippen LogP contribution in [0.25, 0.3) is 21.8 Å². The highest BCUT2D eigenvalue weighted by Gasteiger charge is 2.11. The first-order chi connectivity index (χ1) is 13.2. The van der Waals surface area contributed by atoms with Gasteiger partial charge in [0.2, 0.25) is 0 Å². The summed E-state index contributed by atoms with van der Waals surface area (Å²) in [6.07, 6.45) is 13.6. The number of rotatable bonds is 11. The summed E-state index contributed by atoms with van der Waals surface area (Å²) in [6.45, 7) is 3.31. The summed E-state index contributed by atoms with van der Waals surface area (Å²) in [4.78, 5) is 0. The van der Waals surface area contributed by atoms with Gasteiger partial charge in [-0.3, -0.25) is 0 Å². The second kappa shape index (κ2) is 9.68. The van der Waals surface area contributed by atoms with Crippen molar-refractivity contribution in [2.24, 2.45) is 0 Å². The Bertz CT molecular complexity index is 804. The predicted octanol–water partition coefficient (Wildman–Crippen LogP) is 6.88. The van der Waals surface area contributed by atoms with Gasteiger partial charge in [-0.2, -0.15) is 0 Å². The molecule has 0 atom stereocenters. The molecule has 4 N–H and O–H groups in total. The Kier molecular flexibility index (Phi) is 7.03. The Morgan fingerprint density at radius 1 is 0.630 bits per heavy atom. The molecule has 2 aromatic carbocycles. The van der Waals surface area contributed by atoms with E-state index in [1.54, 1.807) is 0 Å². The van der Waals surface area contributed by atoms with Crippen molar-refractivity contribution in [1.29, 1.82) is 0 Å². The first kappa shape index (κ1) is 19.6. The standard InChI is InChI=1S/C24H35N3/c1-2-3-4-5-6-7-8-9-10-11-16-27-23-17-19(25)12-14-21(23)22-15-13-20(26)18-24(22)27/h12-15,17-18H,2-11,16,25-26H2,1H3. The number of fused-ring (bicyclic) bond motifs is 3. The molecule has 27 heavy (non-hydrogen) atoms. The zero-order valence-electron chi connectivity index (χ0n) is 16.8. The van der Waals surface area contributed by atoms with Crippen LogP contribution in [0.4, 0.5) is 11.4 Å². The highest BCUT2D eigenvalue weighted by atomic mass is 15.0. The molecule has 0 radical (unpaired) electrons. The van der Waals surface area contributed by atoms with Crippen LogP contribution < -0.4 is 11.5 Å². The number of hydrogen-bond donors (Lipinski definition) is 2. The van der Waals surface area contributed by atoms with Crippen molar-refractivity contribution < 1.29 is 0 Å². The third kappa shape index (κ3) is 4.97. The van der Waals surface area contributed by atoms with Gasteiger partial charge in [0.25, 0.3) is 0 Å². The molecular formula is C24H35N3. The average Bonchev–Trinajstić information content (AvgIpc) is 2.95. The quantitative estimate of drug-likeness (QED) is 0.287. The maximum atomic E-state index is 6.06. The van der Waals surface area contributed by atoms with Crippen LogP contribution in [0.15, 0.2) is 36.4 Å². The summed E-state index contributed by atoms with van der Waals surface area (Å²) >= 11 is 0. The number of aromatic nitrogens is 1. The van der Waals surface area contributed by atoms with Crippen LogP contribution in [0.2, 0.25) is 0 Å². The van der Waals surface area contributed by atoms with E-state index < -0.39 is 0 Å². The van der Waals surface area contributed by atoms with Gasteiger partial charge in [-0.05, 0) is 30.7 Å². The minimum atomic E-state index is 0.822. The van der Waals surface area contributed by atoms with Crippen molar-refractivity contribution in [3.63, 3.8) is 0 Å². The van der Waals surface area contributed by atoms with E-state index in [9.17, 15) is 0 Å². The molecule has 1 aromatic heterocycles. The van der Waals surface area contributed by atoms with Gasteiger partial charge in [-0.15, -0.1) is 0 Å². The second-order valence-corrected chi connectivity index (χ2v) is 7.89. The number of benzene rings is 2. The SMILES string of the molecule is CCCCCCCCCCCCn1c2cc(N)ccc2c2ccc(N)cc21. The maximum absolute atomic E-state index is 6.06. The normalized spacial score (nSPS) is 11.6. The van der Waals surface area contributed by atoms with Crippen LogP contribution in [-0.4, -0.2) is 4.57 Å². The molecule has 0 saturated heterocycles. The fourth-order valence-corrected chi connectivity index (χ4v) is 4.13. The Hall–Kier alpha value is -2.16. The van der Waals surface area contributed by atoms with Crippen LogP contribution in [-0.2, 0) is 6.54 Å². The molecule has 3 rings (SSSR count). The topological polar surface area (TPSA) is 57.0 Å². The highest BCUT2D eigenvalue weighted by molar-refractivity contribution is 6.09. The van der Waals surface area contributed by atoms with E-state index in [1.807, 2.05) is 12.1 Å². The van der Waals surface area contributed by atoms with E-state index in [4.69, 9.17) is 11.5 Å². The van der Waals surface area contributed by atoms with Crippen molar-refractivity contribution >= 4 is 33.2 Å². The molecule has 146 valence electrons. The summed E-state index contributed by atoms with van der Waals surface area (Å²) in [5.41, 5.74) is 16.2. The third-order valence-corrected chi connectivity index (χ3v) is 5.65. The van der Waals surface area contributed by atoms with Gasteiger partial charge in [0, 0.05) is 28.7 Å². The minimum Gasteiger partial charge on any atom is -0.399 e. The van der Waals surface area contributed by atoms with Crippen molar-refractivity contribution in [2.75, 3.05) is 11.5 Å². The van der Waals surface area contributed by atoms with Crippen LogP contribution >= 0.6 is 0 Å². The maximum Gasteiger partial charge on any atom is 0.0512 e. The molecular weight excluding hydrogens is 330 g/mol. The third-order valence-electron chi connectivity index (χ3n) is 5.65. The highest BCUT2D eigenvalue weighted by Crippen LogP contribution is 2.32. The van der Waals surface area contributed by atoms with Crippen molar-refractivity contribution in [3.8, 4) is 0 Å². The fourth-order valence-electron chi connectivity index (χ4n) is 4.13. The molecule has 0 saturated carbocycles. The van der Waals surface area contributed by atoms with E-state index >= 15 is 0 Å².